The molecule has 0 unspecified atom stereocenters. The molecule has 1 aromatic heterocycles. The highest BCUT2D eigenvalue weighted by molar-refractivity contribution is 7.18. The summed E-state index contributed by atoms with van der Waals surface area (Å²) in [5.74, 6) is 1.40. The third-order valence-electron chi connectivity index (χ3n) is 5.53. The number of hydrogen-bond donors (Lipinski definition) is 0. The zero-order valence-corrected chi connectivity index (χ0v) is 24.1. The minimum absolute atomic E-state index is 0.00537. The van der Waals surface area contributed by atoms with Crippen LogP contribution in [0.3, 0.4) is 0 Å². The van der Waals surface area contributed by atoms with Crippen LogP contribution in [0.15, 0.2) is 42.6 Å². The molecule has 0 aliphatic carbocycles. The highest BCUT2D eigenvalue weighted by Gasteiger charge is 2.19. The summed E-state index contributed by atoms with van der Waals surface area (Å²) >= 11 is 1.60. The molecule has 0 aliphatic heterocycles. The number of aryl methyl sites for hydroxylation is 1. The van der Waals surface area contributed by atoms with E-state index in [0.29, 0.717) is 31.0 Å². The van der Waals surface area contributed by atoms with E-state index in [1.54, 1.807) is 23.3 Å². The molecule has 7 nitrogen and oxygen atoms in total. The molecule has 38 heavy (non-hydrogen) atoms. The highest BCUT2D eigenvalue weighted by atomic mass is 32.1. The summed E-state index contributed by atoms with van der Waals surface area (Å²) in [6.45, 7) is 20.2. The van der Waals surface area contributed by atoms with Gasteiger partial charge in [0.1, 0.15) is 22.1 Å². The number of hydrogen-bond acceptors (Lipinski definition) is 6. The predicted octanol–water partition coefficient (Wildman–Crippen LogP) is 8.01. The minimum Gasteiger partial charge on any atom is -0.502 e. The fourth-order valence-corrected chi connectivity index (χ4v) is 4.71. The van der Waals surface area contributed by atoms with E-state index in [4.69, 9.17) is 20.8 Å². The molecule has 0 radical (unpaired) electrons. The van der Waals surface area contributed by atoms with E-state index in [-0.39, 0.29) is 12.2 Å². The number of aromatic nitrogens is 1. The average molecular weight is 536 g/mol. The third kappa shape index (κ3) is 7.96. The van der Waals surface area contributed by atoms with Crippen LogP contribution in [0.25, 0.3) is 25.9 Å². The van der Waals surface area contributed by atoms with E-state index in [1.807, 2.05) is 65.1 Å². The number of rotatable bonds is 10. The molecule has 0 saturated carbocycles. The monoisotopic (exact) mass is 535 g/mol. The van der Waals surface area contributed by atoms with Crippen molar-refractivity contribution < 1.29 is 19.0 Å². The topological polar surface area (TPSA) is 65.2 Å². The van der Waals surface area contributed by atoms with Gasteiger partial charge in [-0.3, -0.25) is 0 Å². The Labute approximate surface area is 230 Å². The van der Waals surface area contributed by atoms with Gasteiger partial charge in [-0.2, -0.15) is 0 Å². The molecular weight excluding hydrogens is 498 g/mol. The number of amides is 1. The first-order valence-corrected chi connectivity index (χ1v) is 13.7. The van der Waals surface area contributed by atoms with Crippen molar-refractivity contribution >= 4 is 23.1 Å². The van der Waals surface area contributed by atoms with Gasteiger partial charge in [0, 0.05) is 25.4 Å². The number of ether oxygens (including phenoxy) is 3. The summed E-state index contributed by atoms with van der Waals surface area (Å²) in [4.78, 5) is 23.0. The number of benzene rings is 2. The van der Waals surface area contributed by atoms with Crippen molar-refractivity contribution in [1.29, 1.82) is 0 Å². The van der Waals surface area contributed by atoms with Crippen LogP contribution >= 0.6 is 11.3 Å². The van der Waals surface area contributed by atoms with Gasteiger partial charge >= 0.3 is 6.09 Å². The third-order valence-corrected chi connectivity index (χ3v) is 6.61. The van der Waals surface area contributed by atoms with E-state index < -0.39 is 5.60 Å². The molecule has 8 heteroatoms. The maximum absolute atomic E-state index is 12.1. The van der Waals surface area contributed by atoms with Crippen LogP contribution < -0.4 is 9.47 Å². The van der Waals surface area contributed by atoms with Crippen LogP contribution in [-0.2, 0) is 11.2 Å². The van der Waals surface area contributed by atoms with E-state index >= 15 is 0 Å². The molecule has 0 atom stereocenters. The zero-order chi connectivity index (χ0) is 27.9. The first-order valence-electron chi connectivity index (χ1n) is 12.8. The minimum atomic E-state index is -0.507. The van der Waals surface area contributed by atoms with Gasteiger partial charge in [-0.25, -0.2) is 14.6 Å². The summed E-state index contributed by atoms with van der Waals surface area (Å²) in [5, 5.41) is 0.859. The van der Waals surface area contributed by atoms with Crippen molar-refractivity contribution in [3.8, 4) is 32.5 Å². The maximum Gasteiger partial charge on any atom is 0.410 e. The second-order valence-corrected chi connectivity index (χ2v) is 11.3. The van der Waals surface area contributed by atoms with Crippen LogP contribution in [0.2, 0.25) is 0 Å². The van der Waals surface area contributed by atoms with Gasteiger partial charge < -0.3 is 19.1 Å². The number of carbonyl (C=O) groups excluding carboxylic acids is 1. The van der Waals surface area contributed by atoms with Gasteiger partial charge in [-0.1, -0.05) is 13.0 Å². The van der Waals surface area contributed by atoms with Crippen molar-refractivity contribution in [3.63, 3.8) is 0 Å². The van der Waals surface area contributed by atoms with E-state index in [9.17, 15) is 4.79 Å². The molecule has 0 aliphatic rings. The Morgan fingerprint density at radius 1 is 1.18 bits per heavy atom. The summed E-state index contributed by atoms with van der Waals surface area (Å²) in [6.07, 6.45) is 3.11. The maximum atomic E-state index is 12.1. The lowest BCUT2D eigenvalue weighted by molar-refractivity contribution is 0.0292. The summed E-state index contributed by atoms with van der Waals surface area (Å²) < 4.78 is 17.1. The van der Waals surface area contributed by atoms with Gasteiger partial charge in [0.05, 0.1) is 24.2 Å². The Balaban J connectivity index is 1.65. The smallest absolute Gasteiger partial charge is 0.410 e. The molecule has 3 aromatic rings. The quantitative estimate of drug-likeness (QED) is 0.194. The largest absolute Gasteiger partial charge is 0.502 e. The zero-order valence-electron chi connectivity index (χ0n) is 23.3. The number of nitrogens with zero attached hydrogens (tertiary/aromatic N) is 3. The molecular formula is C30H37N3O4S. The van der Waals surface area contributed by atoms with Crippen LogP contribution in [0.5, 0.6) is 11.5 Å². The fraction of sp³-hybridized carbons (Fsp3) is 0.433. The first kappa shape index (κ1) is 29.0. The standard InChI is InChI=1S/C30H37N3O4S/c1-9-21-17-23(35-16-10-15-33(8)29(34)37-30(4,5)6)12-13-24(21)27-19-32-28(38-27)22-11-14-26(36-20(2)3)25(18-22)31-7/h11-14,17-20H,9-10,15-16H2,1-6,8H3. The van der Waals surface area contributed by atoms with Crippen LogP contribution in [0, 0.1) is 6.57 Å². The summed E-state index contributed by atoms with van der Waals surface area (Å²) in [7, 11) is 1.73. The van der Waals surface area contributed by atoms with E-state index in [1.165, 1.54) is 5.56 Å². The Morgan fingerprint density at radius 3 is 2.61 bits per heavy atom. The van der Waals surface area contributed by atoms with Crippen molar-refractivity contribution in [2.75, 3.05) is 20.2 Å². The Morgan fingerprint density at radius 2 is 1.95 bits per heavy atom. The van der Waals surface area contributed by atoms with Crippen molar-refractivity contribution in [2.45, 2.75) is 66.1 Å². The lowest BCUT2D eigenvalue weighted by Crippen LogP contribution is -2.35. The van der Waals surface area contributed by atoms with Crippen LogP contribution in [0.4, 0.5) is 10.5 Å². The van der Waals surface area contributed by atoms with E-state index in [0.717, 1.165) is 33.2 Å². The highest BCUT2D eigenvalue weighted by Crippen LogP contribution is 2.38. The molecule has 3 rings (SSSR count). The van der Waals surface area contributed by atoms with Crippen molar-refractivity contribution in [1.82, 2.24) is 9.88 Å². The average Bonchev–Trinajstić information content (AvgIpc) is 3.35. The van der Waals surface area contributed by atoms with Gasteiger partial charge in [0.15, 0.2) is 0 Å². The molecule has 0 N–H and O–H groups in total. The van der Waals surface area contributed by atoms with Crippen LogP contribution in [-0.4, -0.2) is 47.9 Å². The van der Waals surface area contributed by atoms with Gasteiger partial charge in [0.25, 0.3) is 0 Å². The lowest BCUT2D eigenvalue weighted by Gasteiger charge is -2.24. The molecule has 0 spiro atoms. The van der Waals surface area contributed by atoms with E-state index in [2.05, 4.69) is 28.9 Å². The van der Waals surface area contributed by atoms with Gasteiger partial charge in [-0.15, -0.1) is 11.3 Å². The second-order valence-electron chi connectivity index (χ2n) is 10.3. The molecule has 0 saturated heterocycles. The lowest BCUT2D eigenvalue weighted by atomic mass is 10.0. The summed E-state index contributed by atoms with van der Waals surface area (Å²) in [5.41, 5.74) is 3.18. The molecule has 0 bridgehead atoms. The molecule has 1 amide bonds. The molecule has 1 heterocycles. The SMILES string of the molecule is [C-]#[N+]c1cc(-c2ncc(-c3ccc(OCCCN(C)C(=O)OC(C)(C)C)cc3CC)s2)ccc1OC(C)C. The molecule has 202 valence electrons. The number of thiazole rings is 1. The summed E-state index contributed by atoms with van der Waals surface area (Å²) in [6, 6.07) is 11.8. The molecule has 2 aromatic carbocycles. The first-order chi connectivity index (χ1) is 18.0. The Bertz CT molecular complexity index is 1290. The second kappa shape index (κ2) is 12.8. The Hall–Kier alpha value is -3.57. The predicted molar refractivity (Wildman–Crippen MR) is 153 cm³/mol. The fourth-order valence-electron chi connectivity index (χ4n) is 3.74. The van der Waals surface area contributed by atoms with Crippen molar-refractivity contribution in [2.24, 2.45) is 0 Å². The van der Waals surface area contributed by atoms with Crippen molar-refractivity contribution in [3.05, 3.63) is 59.6 Å². The van der Waals surface area contributed by atoms with Crippen LogP contribution in [0.1, 0.15) is 53.5 Å². The molecule has 0 fully saturated rings. The Kier molecular flexibility index (Phi) is 9.76. The van der Waals surface area contributed by atoms with Gasteiger partial charge in [-0.05, 0) is 88.9 Å². The number of carbonyl (C=O) groups is 1. The normalized spacial score (nSPS) is 11.2. The van der Waals surface area contributed by atoms with Gasteiger partial charge in [0.2, 0.25) is 5.69 Å².